The third-order valence-corrected chi connectivity index (χ3v) is 2.40. The number of hydrogen-bond acceptors (Lipinski definition) is 5. The van der Waals surface area contributed by atoms with Crippen molar-refractivity contribution in [3.8, 4) is 11.8 Å². The molecule has 0 amide bonds. The number of nitrogens with zero attached hydrogens (tertiary/aromatic N) is 2. The molecule has 5 nitrogen and oxygen atoms in total. The Labute approximate surface area is 102 Å². The number of aromatic nitrogens is 2. The maximum absolute atomic E-state index is 5.98. The van der Waals surface area contributed by atoms with E-state index in [1.54, 1.807) is 12.4 Å². The highest BCUT2D eigenvalue weighted by Gasteiger charge is 2.16. The molecule has 1 atom stereocenters. The Morgan fingerprint density at radius 3 is 2.47 bits per heavy atom. The van der Waals surface area contributed by atoms with E-state index in [1.165, 1.54) is 0 Å². The van der Waals surface area contributed by atoms with Crippen molar-refractivity contribution in [2.45, 2.75) is 39.2 Å². The lowest BCUT2D eigenvalue weighted by molar-refractivity contribution is 0.213. The Bertz CT molecular complexity index is 342. The zero-order chi connectivity index (χ0) is 12.7. The van der Waals surface area contributed by atoms with E-state index in [0.717, 1.165) is 12.8 Å². The van der Waals surface area contributed by atoms with Crippen molar-refractivity contribution in [3.05, 3.63) is 12.4 Å². The summed E-state index contributed by atoms with van der Waals surface area (Å²) in [5.74, 6) is 0.934. The molecule has 0 aliphatic rings. The van der Waals surface area contributed by atoms with Crippen molar-refractivity contribution >= 4 is 0 Å². The largest absolute Gasteiger partial charge is 0.477 e. The fraction of sp³-hybridized carbons (Fsp3) is 0.667. The average Bonchev–Trinajstić information content (AvgIpc) is 2.35. The lowest BCUT2D eigenvalue weighted by atomic mass is 10.0. The van der Waals surface area contributed by atoms with Gasteiger partial charge in [0.2, 0.25) is 11.8 Å². The minimum atomic E-state index is -0.345. The number of ether oxygens (including phenoxy) is 2. The normalized spacial score (nSPS) is 14.1. The van der Waals surface area contributed by atoms with Crippen molar-refractivity contribution in [3.63, 3.8) is 0 Å². The van der Waals surface area contributed by atoms with E-state index >= 15 is 0 Å². The van der Waals surface area contributed by atoms with E-state index in [0.29, 0.717) is 25.0 Å². The minimum absolute atomic E-state index is 0.345. The Morgan fingerprint density at radius 1 is 1.24 bits per heavy atom. The summed E-state index contributed by atoms with van der Waals surface area (Å²) in [6.45, 7) is 7.04. The van der Waals surface area contributed by atoms with Crippen LogP contribution in [0.5, 0.6) is 11.8 Å². The van der Waals surface area contributed by atoms with Crippen LogP contribution in [-0.4, -0.2) is 28.7 Å². The summed E-state index contributed by atoms with van der Waals surface area (Å²) < 4.78 is 10.9. The molecule has 1 aromatic heterocycles. The molecule has 0 saturated heterocycles. The fourth-order valence-electron chi connectivity index (χ4n) is 1.02. The SMILES string of the molecule is CCCOc1cncc(OCC(C)(N)CC)n1. The molecular weight excluding hydrogens is 218 g/mol. The van der Waals surface area contributed by atoms with Gasteiger partial charge >= 0.3 is 0 Å². The van der Waals surface area contributed by atoms with Crippen LogP contribution >= 0.6 is 0 Å². The first-order valence-electron chi connectivity index (χ1n) is 5.94. The molecule has 1 unspecified atom stereocenters. The van der Waals surface area contributed by atoms with E-state index in [-0.39, 0.29) is 5.54 Å². The van der Waals surface area contributed by atoms with Gasteiger partial charge in [-0.25, -0.2) is 0 Å². The fourth-order valence-corrected chi connectivity index (χ4v) is 1.02. The van der Waals surface area contributed by atoms with Crippen LogP contribution in [0.25, 0.3) is 0 Å². The molecule has 0 aromatic carbocycles. The van der Waals surface area contributed by atoms with Crippen LogP contribution < -0.4 is 15.2 Å². The average molecular weight is 239 g/mol. The second-order valence-electron chi connectivity index (χ2n) is 4.34. The summed E-state index contributed by atoms with van der Waals surface area (Å²) in [7, 11) is 0. The zero-order valence-electron chi connectivity index (χ0n) is 10.8. The first-order valence-corrected chi connectivity index (χ1v) is 5.94. The van der Waals surface area contributed by atoms with Gasteiger partial charge in [-0.2, -0.15) is 4.98 Å². The van der Waals surface area contributed by atoms with Gasteiger partial charge in [-0.05, 0) is 19.8 Å². The smallest absolute Gasteiger partial charge is 0.235 e. The maximum Gasteiger partial charge on any atom is 0.235 e. The van der Waals surface area contributed by atoms with Crippen molar-refractivity contribution in [2.24, 2.45) is 5.73 Å². The summed E-state index contributed by atoms with van der Waals surface area (Å²) in [4.78, 5) is 8.20. The molecule has 0 spiro atoms. The highest BCUT2D eigenvalue weighted by molar-refractivity contribution is 5.12. The summed E-state index contributed by atoms with van der Waals surface area (Å²) in [6, 6.07) is 0. The first kappa shape index (κ1) is 13.7. The van der Waals surface area contributed by atoms with Gasteiger partial charge < -0.3 is 15.2 Å². The van der Waals surface area contributed by atoms with Crippen LogP contribution in [0.2, 0.25) is 0 Å². The van der Waals surface area contributed by atoms with Gasteiger partial charge in [0.15, 0.2) is 0 Å². The van der Waals surface area contributed by atoms with Crippen LogP contribution in [0.3, 0.4) is 0 Å². The van der Waals surface area contributed by atoms with E-state index < -0.39 is 0 Å². The molecule has 17 heavy (non-hydrogen) atoms. The van der Waals surface area contributed by atoms with Gasteiger partial charge in [-0.1, -0.05) is 13.8 Å². The van der Waals surface area contributed by atoms with E-state index in [2.05, 4.69) is 9.97 Å². The molecule has 0 saturated carbocycles. The summed E-state index contributed by atoms with van der Waals surface area (Å²) in [6.07, 6.45) is 4.91. The standard InChI is InChI=1S/C12H21N3O2/c1-4-6-16-10-7-14-8-11(15-10)17-9-12(3,13)5-2/h7-8H,4-6,9,13H2,1-3H3. The van der Waals surface area contributed by atoms with E-state index in [1.807, 2.05) is 20.8 Å². The lowest BCUT2D eigenvalue weighted by Gasteiger charge is -2.22. The molecule has 0 radical (unpaired) electrons. The predicted molar refractivity (Wildman–Crippen MR) is 66.2 cm³/mol. The van der Waals surface area contributed by atoms with Crippen molar-refractivity contribution < 1.29 is 9.47 Å². The number of nitrogens with two attached hydrogens (primary N) is 1. The van der Waals surface area contributed by atoms with Gasteiger partial charge in [0, 0.05) is 5.54 Å². The molecule has 0 aliphatic heterocycles. The highest BCUT2D eigenvalue weighted by Crippen LogP contribution is 2.13. The molecule has 1 rings (SSSR count). The second-order valence-corrected chi connectivity index (χ2v) is 4.34. The molecule has 1 aromatic rings. The second kappa shape index (κ2) is 6.39. The van der Waals surface area contributed by atoms with Crippen molar-refractivity contribution in [2.75, 3.05) is 13.2 Å². The topological polar surface area (TPSA) is 70.3 Å². The van der Waals surface area contributed by atoms with Crippen LogP contribution in [0.4, 0.5) is 0 Å². The third kappa shape index (κ3) is 4.99. The van der Waals surface area contributed by atoms with Gasteiger partial charge in [0.05, 0.1) is 19.0 Å². The van der Waals surface area contributed by atoms with E-state index in [4.69, 9.17) is 15.2 Å². The van der Waals surface area contributed by atoms with Crippen molar-refractivity contribution in [1.82, 2.24) is 9.97 Å². The molecule has 0 aliphatic carbocycles. The third-order valence-electron chi connectivity index (χ3n) is 2.40. The maximum atomic E-state index is 5.98. The van der Waals surface area contributed by atoms with Gasteiger partial charge in [0.25, 0.3) is 0 Å². The molecule has 5 heteroatoms. The first-order chi connectivity index (χ1) is 8.07. The summed E-state index contributed by atoms with van der Waals surface area (Å²) in [5.41, 5.74) is 5.63. The number of hydrogen-bond donors (Lipinski definition) is 1. The Morgan fingerprint density at radius 2 is 1.88 bits per heavy atom. The Kier molecular flexibility index (Phi) is 5.15. The molecular formula is C12H21N3O2. The predicted octanol–water partition coefficient (Wildman–Crippen LogP) is 1.77. The zero-order valence-corrected chi connectivity index (χ0v) is 10.8. The van der Waals surface area contributed by atoms with Crippen LogP contribution in [0.1, 0.15) is 33.6 Å². The molecule has 0 fully saturated rings. The van der Waals surface area contributed by atoms with E-state index in [9.17, 15) is 0 Å². The molecule has 0 bridgehead atoms. The van der Waals surface area contributed by atoms with Crippen LogP contribution in [0.15, 0.2) is 12.4 Å². The Hall–Kier alpha value is -1.36. The van der Waals surface area contributed by atoms with Gasteiger partial charge in [0.1, 0.15) is 6.61 Å². The highest BCUT2D eigenvalue weighted by atomic mass is 16.5. The summed E-state index contributed by atoms with van der Waals surface area (Å²) >= 11 is 0. The quantitative estimate of drug-likeness (QED) is 0.785. The van der Waals surface area contributed by atoms with Crippen LogP contribution in [0, 0.1) is 0 Å². The monoisotopic (exact) mass is 239 g/mol. The Balaban J connectivity index is 2.53. The summed E-state index contributed by atoms with van der Waals surface area (Å²) in [5, 5.41) is 0. The van der Waals surface area contributed by atoms with Crippen molar-refractivity contribution in [1.29, 1.82) is 0 Å². The lowest BCUT2D eigenvalue weighted by Crippen LogP contribution is -2.41. The molecule has 2 N–H and O–H groups in total. The van der Waals surface area contributed by atoms with Gasteiger partial charge in [-0.15, -0.1) is 0 Å². The van der Waals surface area contributed by atoms with Crippen LogP contribution in [-0.2, 0) is 0 Å². The number of rotatable bonds is 7. The minimum Gasteiger partial charge on any atom is -0.477 e. The molecule has 1 heterocycles. The molecule has 96 valence electrons. The van der Waals surface area contributed by atoms with Gasteiger partial charge in [-0.3, -0.25) is 4.98 Å².